The number of piperidine rings is 1. The first kappa shape index (κ1) is 19.8. The highest BCUT2D eigenvalue weighted by atomic mass is 19.1. The van der Waals surface area contributed by atoms with E-state index in [1.54, 1.807) is 24.8 Å². The van der Waals surface area contributed by atoms with Gasteiger partial charge in [-0.15, -0.1) is 0 Å². The number of nitrogens with zero attached hydrogens (tertiary/aromatic N) is 4. The Morgan fingerprint density at radius 1 is 1.07 bits per heavy atom. The molecular formula is C22H22FN5O2. The molecule has 1 fully saturated rings. The number of pyridine rings is 1. The summed E-state index contributed by atoms with van der Waals surface area (Å²) in [4.78, 5) is 27.0. The van der Waals surface area contributed by atoms with Crippen LogP contribution in [-0.2, 0) is 4.79 Å². The average Bonchev–Trinajstić information content (AvgIpc) is 2.80. The molecule has 1 aliphatic rings. The molecule has 0 spiro atoms. The molecule has 1 saturated heterocycles. The van der Waals surface area contributed by atoms with Gasteiger partial charge in [-0.2, -0.15) is 0 Å². The van der Waals surface area contributed by atoms with E-state index < -0.39 is 0 Å². The van der Waals surface area contributed by atoms with Crippen LogP contribution >= 0.6 is 0 Å². The summed E-state index contributed by atoms with van der Waals surface area (Å²) >= 11 is 0. The Bertz CT molecular complexity index is 959. The first-order valence-electron chi connectivity index (χ1n) is 9.82. The van der Waals surface area contributed by atoms with Gasteiger partial charge in [-0.3, -0.25) is 14.8 Å². The molecule has 1 amide bonds. The smallest absolute Gasteiger partial charge is 0.260 e. The van der Waals surface area contributed by atoms with Crippen molar-refractivity contribution in [3.63, 3.8) is 0 Å². The number of hydrogen-bond acceptors (Lipinski definition) is 6. The number of rotatable bonds is 6. The number of likely N-dealkylation sites (tertiary alicyclic amines) is 1. The number of nitrogens with one attached hydrogen (secondary N) is 1. The molecule has 2 aromatic heterocycles. The first-order chi connectivity index (χ1) is 14.7. The van der Waals surface area contributed by atoms with Gasteiger partial charge in [0.2, 0.25) is 0 Å². The van der Waals surface area contributed by atoms with Gasteiger partial charge in [0.1, 0.15) is 17.4 Å². The van der Waals surface area contributed by atoms with E-state index in [4.69, 9.17) is 4.74 Å². The molecule has 1 aliphatic heterocycles. The molecule has 3 aromatic rings. The van der Waals surface area contributed by atoms with Crippen LogP contribution in [0.1, 0.15) is 24.5 Å². The molecule has 7 nitrogen and oxygen atoms in total. The topological polar surface area (TPSA) is 80.2 Å². The van der Waals surface area contributed by atoms with E-state index in [9.17, 15) is 9.18 Å². The zero-order valence-electron chi connectivity index (χ0n) is 16.4. The Kier molecular flexibility index (Phi) is 6.12. The Hall–Kier alpha value is -3.55. The van der Waals surface area contributed by atoms with Crippen molar-refractivity contribution in [3.05, 3.63) is 72.7 Å². The number of benzene rings is 1. The lowest BCUT2D eigenvalue weighted by Crippen LogP contribution is -2.40. The van der Waals surface area contributed by atoms with Crippen LogP contribution in [0.5, 0.6) is 5.75 Å². The monoisotopic (exact) mass is 407 g/mol. The van der Waals surface area contributed by atoms with Gasteiger partial charge in [0.25, 0.3) is 5.91 Å². The maximum atomic E-state index is 12.9. The molecule has 0 radical (unpaired) electrons. The lowest BCUT2D eigenvalue weighted by Gasteiger charge is -2.31. The van der Waals surface area contributed by atoms with E-state index in [0.29, 0.717) is 30.6 Å². The maximum absolute atomic E-state index is 12.9. The van der Waals surface area contributed by atoms with E-state index >= 15 is 0 Å². The Labute approximate surface area is 174 Å². The number of aromatic nitrogens is 3. The van der Waals surface area contributed by atoms with Crippen molar-refractivity contribution in [1.82, 2.24) is 19.9 Å². The number of amides is 1. The fourth-order valence-electron chi connectivity index (χ4n) is 3.42. The summed E-state index contributed by atoms with van der Waals surface area (Å²) in [6.45, 7) is 1.28. The number of carbonyl (C=O) groups is 1. The molecule has 154 valence electrons. The Morgan fingerprint density at radius 3 is 2.53 bits per heavy atom. The highest BCUT2D eigenvalue weighted by molar-refractivity contribution is 5.77. The average molecular weight is 407 g/mol. The molecular weight excluding hydrogens is 385 g/mol. The third kappa shape index (κ3) is 5.08. The van der Waals surface area contributed by atoms with Gasteiger partial charge >= 0.3 is 0 Å². The van der Waals surface area contributed by atoms with Gasteiger partial charge in [0.15, 0.2) is 6.61 Å². The standard InChI is InChI=1S/C22H22FN5O2/c23-17-1-4-19(5-2-17)30-15-22(29)28-11-7-16(8-12-28)20-6-3-18(13-26-20)27-21-14-24-9-10-25-21/h1-6,9-10,13-14,16H,7-8,11-12,15H2,(H,25,27). The van der Waals surface area contributed by atoms with Crippen LogP contribution in [0.3, 0.4) is 0 Å². The van der Waals surface area contributed by atoms with Gasteiger partial charge in [-0.1, -0.05) is 0 Å². The molecule has 3 heterocycles. The maximum Gasteiger partial charge on any atom is 0.260 e. The van der Waals surface area contributed by atoms with Crippen molar-refractivity contribution in [2.24, 2.45) is 0 Å². The number of ether oxygens (including phenoxy) is 1. The van der Waals surface area contributed by atoms with Crippen molar-refractivity contribution in [3.8, 4) is 5.75 Å². The second-order valence-corrected chi connectivity index (χ2v) is 7.09. The van der Waals surface area contributed by atoms with Crippen LogP contribution in [0, 0.1) is 5.82 Å². The van der Waals surface area contributed by atoms with E-state index in [1.807, 2.05) is 17.0 Å². The Morgan fingerprint density at radius 2 is 1.87 bits per heavy atom. The highest BCUT2D eigenvalue weighted by Crippen LogP contribution is 2.27. The number of carbonyl (C=O) groups excluding carboxylic acids is 1. The van der Waals surface area contributed by atoms with Crippen LogP contribution in [0.4, 0.5) is 15.9 Å². The third-order valence-corrected chi connectivity index (χ3v) is 5.06. The van der Waals surface area contributed by atoms with Gasteiger partial charge < -0.3 is 15.0 Å². The summed E-state index contributed by atoms with van der Waals surface area (Å²) in [5.41, 5.74) is 1.87. The van der Waals surface area contributed by atoms with E-state index in [0.717, 1.165) is 24.2 Å². The minimum absolute atomic E-state index is 0.0444. The molecule has 8 heteroatoms. The zero-order valence-corrected chi connectivity index (χ0v) is 16.4. The van der Waals surface area contributed by atoms with Gasteiger partial charge in [-0.05, 0) is 49.2 Å². The largest absolute Gasteiger partial charge is 0.484 e. The predicted molar refractivity (Wildman–Crippen MR) is 110 cm³/mol. The van der Waals surface area contributed by atoms with Gasteiger partial charge in [0.05, 0.1) is 18.1 Å². The fraction of sp³-hybridized carbons (Fsp3) is 0.273. The molecule has 4 rings (SSSR count). The SMILES string of the molecule is O=C(COc1ccc(F)cc1)N1CCC(c2ccc(Nc3cnccn3)cn2)CC1. The van der Waals surface area contributed by atoms with Crippen molar-refractivity contribution < 1.29 is 13.9 Å². The number of hydrogen-bond donors (Lipinski definition) is 1. The molecule has 0 unspecified atom stereocenters. The van der Waals surface area contributed by atoms with E-state index in [2.05, 4.69) is 20.3 Å². The van der Waals surface area contributed by atoms with Crippen LogP contribution in [0.2, 0.25) is 0 Å². The molecule has 1 aromatic carbocycles. The predicted octanol–water partition coefficient (Wildman–Crippen LogP) is 3.54. The summed E-state index contributed by atoms with van der Waals surface area (Å²) in [6, 6.07) is 9.65. The molecule has 0 saturated carbocycles. The summed E-state index contributed by atoms with van der Waals surface area (Å²) in [5.74, 6) is 1.08. The molecule has 0 bridgehead atoms. The summed E-state index contributed by atoms with van der Waals surface area (Å²) < 4.78 is 18.4. The normalized spacial score (nSPS) is 14.4. The summed E-state index contributed by atoms with van der Waals surface area (Å²) in [7, 11) is 0. The lowest BCUT2D eigenvalue weighted by molar-refractivity contribution is -0.134. The van der Waals surface area contributed by atoms with Gasteiger partial charge in [-0.25, -0.2) is 9.37 Å². The molecule has 1 N–H and O–H groups in total. The van der Waals surface area contributed by atoms with Gasteiger partial charge in [0, 0.05) is 37.1 Å². The van der Waals surface area contributed by atoms with Crippen LogP contribution in [-0.4, -0.2) is 45.5 Å². The lowest BCUT2D eigenvalue weighted by atomic mass is 9.93. The van der Waals surface area contributed by atoms with Crippen molar-refractivity contribution in [2.75, 3.05) is 25.0 Å². The second kappa shape index (κ2) is 9.30. The Balaban J connectivity index is 1.25. The van der Waals surface area contributed by atoms with Crippen LogP contribution < -0.4 is 10.1 Å². The van der Waals surface area contributed by atoms with Crippen molar-refractivity contribution in [2.45, 2.75) is 18.8 Å². The first-order valence-corrected chi connectivity index (χ1v) is 9.82. The summed E-state index contributed by atoms with van der Waals surface area (Å²) in [6.07, 6.45) is 8.40. The zero-order chi connectivity index (χ0) is 20.8. The van der Waals surface area contributed by atoms with Crippen molar-refractivity contribution in [1.29, 1.82) is 0 Å². The van der Waals surface area contributed by atoms with Crippen LogP contribution in [0.15, 0.2) is 61.2 Å². The van der Waals surface area contributed by atoms with E-state index in [-0.39, 0.29) is 18.3 Å². The van der Waals surface area contributed by atoms with Crippen LogP contribution in [0.25, 0.3) is 0 Å². The third-order valence-electron chi connectivity index (χ3n) is 5.06. The fourth-order valence-corrected chi connectivity index (χ4v) is 3.42. The number of anilines is 2. The quantitative estimate of drug-likeness (QED) is 0.673. The second-order valence-electron chi connectivity index (χ2n) is 7.09. The molecule has 30 heavy (non-hydrogen) atoms. The van der Waals surface area contributed by atoms with Crippen molar-refractivity contribution >= 4 is 17.4 Å². The molecule has 0 atom stereocenters. The van der Waals surface area contributed by atoms with E-state index in [1.165, 1.54) is 24.3 Å². The minimum atomic E-state index is -0.332. The summed E-state index contributed by atoms with van der Waals surface area (Å²) in [5, 5.41) is 3.16. The highest BCUT2D eigenvalue weighted by Gasteiger charge is 2.24. The molecule has 0 aliphatic carbocycles. The minimum Gasteiger partial charge on any atom is -0.484 e. The number of halogens is 1.